The summed E-state index contributed by atoms with van der Waals surface area (Å²) in [5.74, 6) is -0.276. The van der Waals surface area contributed by atoms with Gasteiger partial charge in [-0.3, -0.25) is 9.78 Å². The third kappa shape index (κ3) is 3.01. The van der Waals surface area contributed by atoms with E-state index >= 15 is 0 Å². The van der Waals surface area contributed by atoms with Crippen molar-refractivity contribution in [1.82, 2.24) is 4.98 Å². The highest BCUT2D eigenvalue weighted by atomic mass is 16.1. The second-order valence-electron chi connectivity index (χ2n) is 4.34. The molecule has 1 aromatic carbocycles. The number of nitrogens with one attached hydrogen (secondary N) is 1. The molecule has 1 heterocycles. The van der Waals surface area contributed by atoms with Crippen molar-refractivity contribution >= 4 is 23.0 Å². The summed E-state index contributed by atoms with van der Waals surface area (Å²) in [6.07, 6.45) is 1.52. The standard InChI is InChI=1S/C14H16N4O/c1-18(2)13-6-4-3-5-11(13)17-14(19)12-9-10(15)7-8-16-12/h3-9H,1-2H3,(H2,15,16)(H,17,19). The van der Waals surface area contributed by atoms with E-state index in [2.05, 4.69) is 10.3 Å². The van der Waals surface area contributed by atoms with Crippen LogP contribution in [0.3, 0.4) is 0 Å². The molecule has 1 amide bonds. The highest BCUT2D eigenvalue weighted by molar-refractivity contribution is 6.05. The Kier molecular flexibility index (Phi) is 3.66. The Balaban J connectivity index is 2.24. The first kappa shape index (κ1) is 12.9. The van der Waals surface area contributed by atoms with Gasteiger partial charge in [0.2, 0.25) is 0 Å². The van der Waals surface area contributed by atoms with Gasteiger partial charge in [-0.1, -0.05) is 12.1 Å². The number of para-hydroxylation sites is 2. The number of carbonyl (C=O) groups excluding carboxylic acids is 1. The number of benzene rings is 1. The van der Waals surface area contributed by atoms with E-state index in [1.54, 1.807) is 12.1 Å². The molecule has 1 aromatic heterocycles. The van der Waals surface area contributed by atoms with E-state index in [9.17, 15) is 4.79 Å². The summed E-state index contributed by atoms with van der Waals surface area (Å²) in [5.41, 5.74) is 8.12. The molecule has 0 atom stereocenters. The van der Waals surface area contributed by atoms with Crippen LogP contribution < -0.4 is 16.0 Å². The van der Waals surface area contributed by atoms with Crippen LogP contribution in [-0.4, -0.2) is 25.0 Å². The number of aromatic nitrogens is 1. The molecular weight excluding hydrogens is 240 g/mol. The minimum absolute atomic E-state index is 0.276. The van der Waals surface area contributed by atoms with Crippen LogP contribution in [-0.2, 0) is 0 Å². The van der Waals surface area contributed by atoms with E-state index in [-0.39, 0.29) is 5.91 Å². The minimum atomic E-state index is -0.276. The van der Waals surface area contributed by atoms with Gasteiger partial charge in [0.05, 0.1) is 11.4 Å². The lowest BCUT2D eigenvalue weighted by Crippen LogP contribution is -2.17. The lowest BCUT2D eigenvalue weighted by atomic mass is 10.2. The first-order valence-electron chi connectivity index (χ1n) is 5.87. The average molecular weight is 256 g/mol. The molecule has 0 aliphatic heterocycles. The number of hydrogen-bond donors (Lipinski definition) is 2. The summed E-state index contributed by atoms with van der Waals surface area (Å²) in [6.45, 7) is 0. The maximum atomic E-state index is 12.1. The quantitative estimate of drug-likeness (QED) is 0.881. The summed E-state index contributed by atoms with van der Waals surface area (Å²) >= 11 is 0. The Labute approximate surface area is 112 Å². The van der Waals surface area contributed by atoms with Crippen molar-refractivity contribution < 1.29 is 4.79 Å². The van der Waals surface area contributed by atoms with Crippen molar-refractivity contribution in [2.75, 3.05) is 30.0 Å². The van der Waals surface area contributed by atoms with Gasteiger partial charge in [-0.15, -0.1) is 0 Å². The van der Waals surface area contributed by atoms with Gasteiger partial charge in [0.25, 0.3) is 5.91 Å². The van der Waals surface area contributed by atoms with Crippen LogP contribution in [0, 0.1) is 0 Å². The number of amides is 1. The Morgan fingerprint density at radius 2 is 2.00 bits per heavy atom. The summed E-state index contributed by atoms with van der Waals surface area (Å²) in [4.78, 5) is 18.0. The van der Waals surface area contributed by atoms with Crippen molar-refractivity contribution in [2.45, 2.75) is 0 Å². The molecule has 5 nitrogen and oxygen atoms in total. The average Bonchev–Trinajstić information content (AvgIpc) is 2.39. The van der Waals surface area contributed by atoms with Crippen LogP contribution in [0.4, 0.5) is 17.1 Å². The maximum absolute atomic E-state index is 12.1. The van der Waals surface area contributed by atoms with Gasteiger partial charge in [-0.05, 0) is 24.3 Å². The molecule has 0 bridgehead atoms. The molecule has 3 N–H and O–H groups in total. The second kappa shape index (κ2) is 5.39. The second-order valence-corrected chi connectivity index (χ2v) is 4.34. The van der Waals surface area contributed by atoms with Crippen LogP contribution in [0.25, 0.3) is 0 Å². The van der Waals surface area contributed by atoms with Crippen LogP contribution >= 0.6 is 0 Å². The predicted molar refractivity (Wildman–Crippen MR) is 77.4 cm³/mol. The van der Waals surface area contributed by atoms with Crippen LogP contribution in [0.2, 0.25) is 0 Å². The van der Waals surface area contributed by atoms with E-state index in [4.69, 9.17) is 5.73 Å². The Morgan fingerprint density at radius 1 is 1.26 bits per heavy atom. The Morgan fingerprint density at radius 3 is 2.68 bits per heavy atom. The normalized spacial score (nSPS) is 10.0. The first-order valence-corrected chi connectivity index (χ1v) is 5.87. The molecule has 0 saturated carbocycles. The van der Waals surface area contributed by atoms with Gasteiger partial charge >= 0.3 is 0 Å². The SMILES string of the molecule is CN(C)c1ccccc1NC(=O)c1cc(N)ccn1. The minimum Gasteiger partial charge on any atom is -0.399 e. The molecular formula is C14H16N4O. The molecule has 0 radical (unpaired) electrons. The molecule has 19 heavy (non-hydrogen) atoms. The van der Waals surface area contributed by atoms with Gasteiger partial charge in [-0.25, -0.2) is 0 Å². The van der Waals surface area contributed by atoms with Gasteiger partial charge in [0, 0.05) is 26.0 Å². The fraction of sp³-hybridized carbons (Fsp3) is 0.143. The van der Waals surface area contributed by atoms with Crippen LogP contribution in [0.15, 0.2) is 42.6 Å². The summed E-state index contributed by atoms with van der Waals surface area (Å²) in [7, 11) is 3.84. The summed E-state index contributed by atoms with van der Waals surface area (Å²) in [6, 6.07) is 10.8. The van der Waals surface area contributed by atoms with Gasteiger partial charge in [-0.2, -0.15) is 0 Å². The number of pyridine rings is 1. The maximum Gasteiger partial charge on any atom is 0.274 e. The number of nitrogen functional groups attached to an aromatic ring is 1. The molecule has 0 unspecified atom stereocenters. The molecule has 2 rings (SSSR count). The number of rotatable bonds is 3. The van der Waals surface area contributed by atoms with E-state index in [1.165, 1.54) is 6.20 Å². The smallest absolute Gasteiger partial charge is 0.274 e. The molecule has 0 saturated heterocycles. The molecule has 98 valence electrons. The zero-order chi connectivity index (χ0) is 13.8. The highest BCUT2D eigenvalue weighted by Gasteiger charge is 2.11. The molecule has 0 spiro atoms. The van der Waals surface area contributed by atoms with Crippen molar-refractivity contribution in [3.63, 3.8) is 0 Å². The Hall–Kier alpha value is -2.56. The van der Waals surface area contributed by atoms with Crippen molar-refractivity contribution in [3.05, 3.63) is 48.3 Å². The van der Waals surface area contributed by atoms with E-state index in [0.717, 1.165) is 11.4 Å². The van der Waals surface area contributed by atoms with Crippen LogP contribution in [0.1, 0.15) is 10.5 Å². The lowest BCUT2D eigenvalue weighted by molar-refractivity contribution is 0.102. The largest absolute Gasteiger partial charge is 0.399 e. The van der Waals surface area contributed by atoms with Gasteiger partial charge in [0.1, 0.15) is 5.69 Å². The fourth-order valence-corrected chi connectivity index (χ4v) is 1.73. The molecule has 5 heteroatoms. The topological polar surface area (TPSA) is 71.2 Å². The van der Waals surface area contributed by atoms with E-state index in [0.29, 0.717) is 11.4 Å². The number of anilines is 3. The highest BCUT2D eigenvalue weighted by Crippen LogP contribution is 2.23. The number of nitrogens with zero attached hydrogens (tertiary/aromatic N) is 2. The Bertz CT molecular complexity index is 596. The molecule has 0 aliphatic carbocycles. The van der Waals surface area contributed by atoms with E-state index in [1.807, 2.05) is 43.3 Å². The predicted octanol–water partition coefficient (Wildman–Crippen LogP) is 1.98. The lowest BCUT2D eigenvalue weighted by Gasteiger charge is -2.17. The number of carbonyl (C=O) groups is 1. The van der Waals surface area contributed by atoms with E-state index < -0.39 is 0 Å². The number of nitrogens with two attached hydrogens (primary N) is 1. The third-order valence-corrected chi connectivity index (χ3v) is 2.65. The number of hydrogen-bond acceptors (Lipinski definition) is 4. The van der Waals surface area contributed by atoms with Gasteiger partial charge < -0.3 is 16.0 Å². The van der Waals surface area contributed by atoms with Gasteiger partial charge in [0.15, 0.2) is 0 Å². The zero-order valence-electron chi connectivity index (χ0n) is 10.9. The molecule has 0 fully saturated rings. The van der Waals surface area contributed by atoms with Crippen molar-refractivity contribution in [3.8, 4) is 0 Å². The van der Waals surface area contributed by atoms with Crippen molar-refractivity contribution in [1.29, 1.82) is 0 Å². The first-order chi connectivity index (χ1) is 9.08. The summed E-state index contributed by atoms with van der Waals surface area (Å²) < 4.78 is 0. The molecule has 0 aliphatic rings. The molecule has 2 aromatic rings. The third-order valence-electron chi connectivity index (χ3n) is 2.65. The monoisotopic (exact) mass is 256 g/mol. The zero-order valence-corrected chi connectivity index (χ0v) is 10.9. The van der Waals surface area contributed by atoms with Crippen LogP contribution in [0.5, 0.6) is 0 Å². The summed E-state index contributed by atoms with van der Waals surface area (Å²) in [5, 5.41) is 2.84. The fourth-order valence-electron chi connectivity index (χ4n) is 1.73. The van der Waals surface area contributed by atoms with Crippen molar-refractivity contribution in [2.24, 2.45) is 0 Å².